The molecule has 1 aromatic carbocycles. The number of halogens is 4. The molecule has 0 aromatic heterocycles. The molecule has 0 radical (unpaired) electrons. The highest BCUT2D eigenvalue weighted by Gasteiger charge is 2.47. The van der Waals surface area contributed by atoms with Crippen molar-refractivity contribution in [3.05, 3.63) is 29.3 Å². The van der Waals surface area contributed by atoms with Gasteiger partial charge in [-0.3, -0.25) is 4.79 Å². The van der Waals surface area contributed by atoms with Gasteiger partial charge in [0, 0.05) is 30.7 Å². The van der Waals surface area contributed by atoms with Gasteiger partial charge in [-0.25, -0.2) is 22.6 Å². The van der Waals surface area contributed by atoms with Crippen LogP contribution < -0.4 is 16.8 Å². The third kappa shape index (κ3) is 4.01. The molecule has 2 rings (SSSR count). The number of benzene rings is 1. The van der Waals surface area contributed by atoms with Crippen molar-refractivity contribution in [3.63, 3.8) is 0 Å². The zero-order valence-corrected chi connectivity index (χ0v) is 13.6. The van der Waals surface area contributed by atoms with Crippen LogP contribution in [-0.4, -0.2) is 30.5 Å². The third-order valence-corrected chi connectivity index (χ3v) is 3.85. The number of alkyl halides is 2. The van der Waals surface area contributed by atoms with Crippen molar-refractivity contribution in [3.8, 4) is 0 Å². The van der Waals surface area contributed by atoms with Crippen LogP contribution in [0.2, 0.25) is 0 Å². The van der Waals surface area contributed by atoms with Crippen LogP contribution >= 0.6 is 0 Å². The summed E-state index contributed by atoms with van der Waals surface area (Å²) in [5.74, 6) is -6.45. The Morgan fingerprint density at radius 3 is 2.68 bits per heavy atom. The van der Waals surface area contributed by atoms with Crippen LogP contribution in [-0.2, 0) is 15.1 Å². The van der Waals surface area contributed by atoms with Crippen molar-refractivity contribution < 1.29 is 27.1 Å². The van der Waals surface area contributed by atoms with Gasteiger partial charge < -0.3 is 21.5 Å². The van der Waals surface area contributed by atoms with E-state index in [1.54, 1.807) is 0 Å². The number of ether oxygens (including phenoxy) is 1. The summed E-state index contributed by atoms with van der Waals surface area (Å²) in [6.07, 6.45) is -2.11. The predicted octanol–water partition coefficient (Wildman–Crippen LogP) is 1.84. The maximum absolute atomic E-state index is 14.3. The lowest BCUT2D eigenvalue weighted by Gasteiger charge is -2.37. The highest BCUT2D eigenvalue weighted by molar-refractivity contribution is 5.92. The first-order valence-corrected chi connectivity index (χ1v) is 7.35. The van der Waals surface area contributed by atoms with Crippen molar-refractivity contribution >= 4 is 17.6 Å². The highest BCUT2D eigenvalue weighted by Crippen LogP contribution is 2.41. The smallest absolute Gasteiger partial charge is 0.283 e. The SMILES string of the molecule is CC(F)(F)[C@@H]1C[C@@](C)(c2cc(NC(=O)CN)cc(F)c2F)N=C(N)O1. The zero-order valence-electron chi connectivity index (χ0n) is 13.6. The van der Waals surface area contributed by atoms with E-state index in [0.717, 1.165) is 12.1 Å². The molecule has 25 heavy (non-hydrogen) atoms. The minimum Gasteiger partial charge on any atom is -0.456 e. The molecule has 138 valence electrons. The number of nitrogens with zero attached hydrogens (tertiary/aromatic N) is 1. The van der Waals surface area contributed by atoms with Crippen molar-refractivity contribution in [1.82, 2.24) is 0 Å². The fraction of sp³-hybridized carbons (Fsp3) is 0.467. The Hall–Kier alpha value is -2.36. The van der Waals surface area contributed by atoms with E-state index in [1.165, 1.54) is 6.92 Å². The van der Waals surface area contributed by atoms with Crippen LogP contribution in [0.4, 0.5) is 23.2 Å². The van der Waals surface area contributed by atoms with Gasteiger partial charge in [-0.2, -0.15) is 0 Å². The average molecular weight is 362 g/mol. The summed E-state index contributed by atoms with van der Waals surface area (Å²) >= 11 is 0. The van der Waals surface area contributed by atoms with E-state index in [9.17, 15) is 22.4 Å². The Morgan fingerprint density at radius 1 is 1.48 bits per heavy atom. The van der Waals surface area contributed by atoms with Gasteiger partial charge in [-0.15, -0.1) is 0 Å². The fourth-order valence-electron chi connectivity index (χ4n) is 2.58. The lowest BCUT2D eigenvalue weighted by atomic mass is 9.84. The average Bonchev–Trinajstić information content (AvgIpc) is 2.48. The summed E-state index contributed by atoms with van der Waals surface area (Å²) < 4.78 is 60.4. The van der Waals surface area contributed by atoms with E-state index in [1.807, 2.05) is 0 Å². The number of carbonyl (C=O) groups is 1. The van der Waals surface area contributed by atoms with Crippen LogP contribution in [0.5, 0.6) is 0 Å². The summed E-state index contributed by atoms with van der Waals surface area (Å²) in [5, 5.41) is 2.28. The number of carbonyl (C=O) groups excluding carboxylic acids is 1. The van der Waals surface area contributed by atoms with Gasteiger partial charge >= 0.3 is 0 Å². The van der Waals surface area contributed by atoms with E-state index in [-0.39, 0.29) is 17.8 Å². The monoisotopic (exact) mass is 362 g/mol. The first kappa shape index (κ1) is 19.0. The van der Waals surface area contributed by atoms with Gasteiger partial charge in [-0.05, 0) is 13.0 Å². The molecule has 5 N–H and O–H groups in total. The normalized spacial score (nSPS) is 23.6. The lowest BCUT2D eigenvalue weighted by Crippen LogP contribution is -2.46. The number of hydrogen-bond acceptors (Lipinski definition) is 5. The molecule has 0 spiro atoms. The van der Waals surface area contributed by atoms with E-state index < -0.39 is 47.5 Å². The van der Waals surface area contributed by atoms with Gasteiger partial charge in [0.1, 0.15) is 0 Å². The Labute approximate surface area is 141 Å². The number of anilines is 1. The molecule has 0 bridgehead atoms. The van der Waals surface area contributed by atoms with Crippen LogP contribution in [0.25, 0.3) is 0 Å². The topological polar surface area (TPSA) is 103 Å². The number of nitrogens with one attached hydrogen (secondary N) is 1. The van der Waals surface area contributed by atoms with E-state index in [2.05, 4.69) is 10.3 Å². The molecule has 0 saturated heterocycles. The minimum absolute atomic E-state index is 0.0781. The molecule has 0 fully saturated rings. The maximum Gasteiger partial charge on any atom is 0.283 e. The number of aliphatic imine (C=N–C) groups is 1. The Balaban J connectivity index is 2.51. The van der Waals surface area contributed by atoms with Crippen LogP contribution in [0.3, 0.4) is 0 Å². The number of rotatable bonds is 4. The van der Waals surface area contributed by atoms with Gasteiger partial charge in [0.15, 0.2) is 17.7 Å². The number of amidine groups is 1. The molecule has 1 aliphatic rings. The van der Waals surface area contributed by atoms with Crippen molar-refractivity contribution in [2.75, 3.05) is 11.9 Å². The summed E-state index contributed by atoms with van der Waals surface area (Å²) in [4.78, 5) is 15.2. The maximum atomic E-state index is 14.3. The molecular formula is C15H18F4N4O2. The highest BCUT2D eigenvalue weighted by atomic mass is 19.3. The summed E-state index contributed by atoms with van der Waals surface area (Å²) in [6, 6.07) is 1.31. The number of nitrogens with two attached hydrogens (primary N) is 2. The van der Waals surface area contributed by atoms with E-state index in [0.29, 0.717) is 6.92 Å². The molecular weight excluding hydrogens is 344 g/mol. The fourth-order valence-corrected chi connectivity index (χ4v) is 2.58. The molecule has 1 aliphatic heterocycles. The summed E-state index contributed by atoms with van der Waals surface area (Å²) in [7, 11) is 0. The van der Waals surface area contributed by atoms with Crippen molar-refractivity contribution in [2.24, 2.45) is 16.5 Å². The quantitative estimate of drug-likeness (QED) is 0.711. The standard InChI is InChI=1S/C15H18F4N4O2/c1-14(5-10(15(2,18)19)25-13(21)23-14)8-3-7(22-11(24)6-20)4-9(16)12(8)17/h3-4,10H,5-6,20H2,1-2H3,(H2,21,23)(H,22,24)/t10-,14-/m0/s1. The molecule has 0 unspecified atom stereocenters. The second kappa shape index (κ2) is 6.51. The first-order chi connectivity index (χ1) is 11.5. The second-order valence-electron chi connectivity index (χ2n) is 6.06. The Morgan fingerprint density at radius 2 is 2.12 bits per heavy atom. The molecule has 1 heterocycles. The summed E-state index contributed by atoms with van der Waals surface area (Å²) in [5.41, 5.74) is 8.59. The predicted molar refractivity (Wildman–Crippen MR) is 83.1 cm³/mol. The number of hydrogen-bond donors (Lipinski definition) is 3. The van der Waals surface area contributed by atoms with Crippen molar-refractivity contribution in [2.45, 2.75) is 37.8 Å². The van der Waals surface area contributed by atoms with Crippen LogP contribution in [0.1, 0.15) is 25.8 Å². The van der Waals surface area contributed by atoms with Crippen LogP contribution in [0.15, 0.2) is 17.1 Å². The Bertz CT molecular complexity index is 720. The van der Waals surface area contributed by atoms with E-state index >= 15 is 0 Å². The van der Waals surface area contributed by atoms with Gasteiger partial charge in [0.2, 0.25) is 5.91 Å². The third-order valence-electron chi connectivity index (χ3n) is 3.85. The Kier molecular flexibility index (Phi) is 4.94. The molecule has 2 atom stereocenters. The van der Waals surface area contributed by atoms with Gasteiger partial charge in [-0.1, -0.05) is 0 Å². The molecule has 0 aliphatic carbocycles. The molecule has 10 heteroatoms. The first-order valence-electron chi connectivity index (χ1n) is 7.35. The minimum atomic E-state index is -3.28. The largest absolute Gasteiger partial charge is 0.456 e. The van der Waals surface area contributed by atoms with Crippen molar-refractivity contribution in [1.29, 1.82) is 0 Å². The molecule has 1 aromatic rings. The van der Waals surface area contributed by atoms with E-state index in [4.69, 9.17) is 16.2 Å². The molecule has 0 saturated carbocycles. The molecule has 6 nitrogen and oxygen atoms in total. The molecule has 1 amide bonds. The zero-order chi connectivity index (χ0) is 19.0. The number of amides is 1. The van der Waals surface area contributed by atoms with Crippen LogP contribution in [0, 0.1) is 11.6 Å². The lowest BCUT2D eigenvalue weighted by molar-refractivity contribution is -0.114. The van der Waals surface area contributed by atoms with Gasteiger partial charge in [0.05, 0.1) is 12.1 Å². The second-order valence-corrected chi connectivity index (χ2v) is 6.06. The summed E-state index contributed by atoms with van der Waals surface area (Å²) in [6.45, 7) is 1.59. The van der Waals surface area contributed by atoms with Gasteiger partial charge in [0.25, 0.3) is 11.9 Å².